The van der Waals surface area contributed by atoms with Gasteiger partial charge in [-0.2, -0.15) is 0 Å². The summed E-state index contributed by atoms with van der Waals surface area (Å²) in [6.07, 6.45) is 0. The summed E-state index contributed by atoms with van der Waals surface area (Å²) < 4.78 is 5.40. The number of nitrogens with zero attached hydrogens (tertiary/aromatic N) is 1. The second-order valence-electron chi connectivity index (χ2n) is 4.50. The molecule has 0 spiro atoms. The van der Waals surface area contributed by atoms with E-state index in [4.69, 9.17) is 4.74 Å². The van der Waals surface area contributed by atoms with Gasteiger partial charge in [0.1, 0.15) is 0 Å². The molecule has 1 saturated heterocycles. The number of hydrogen-bond acceptors (Lipinski definition) is 3. The summed E-state index contributed by atoms with van der Waals surface area (Å²) in [6, 6.07) is 0.557. The first-order chi connectivity index (χ1) is 8.65. The van der Waals surface area contributed by atoms with Gasteiger partial charge < -0.3 is 15.4 Å². The molecule has 0 aromatic heterocycles. The van der Waals surface area contributed by atoms with Gasteiger partial charge in [-0.05, 0) is 20.8 Å². The van der Waals surface area contributed by atoms with Crippen LogP contribution in [0, 0.1) is 11.8 Å². The van der Waals surface area contributed by atoms with Crippen LogP contribution in [0.3, 0.4) is 0 Å². The standard InChI is InChI=1S/C13H23N3O2/c1-4-5-6-14-13(17)15-9-11(2)16-7-8-18-10-12(16)3/h11-12H,6-10H2,1-3H3,(H2,14,15,17)/t11-,12+/m1/s1. The van der Waals surface area contributed by atoms with Crippen molar-refractivity contribution in [2.45, 2.75) is 32.9 Å². The van der Waals surface area contributed by atoms with Crippen LogP contribution < -0.4 is 10.6 Å². The third-order valence-electron chi connectivity index (χ3n) is 3.06. The lowest BCUT2D eigenvalue weighted by Gasteiger charge is -2.37. The van der Waals surface area contributed by atoms with E-state index in [0.717, 1.165) is 19.8 Å². The number of nitrogens with one attached hydrogen (secondary N) is 2. The van der Waals surface area contributed by atoms with E-state index in [0.29, 0.717) is 25.2 Å². The summed E-state index contributed by atoms with van der Waals surface area (Å²) in [6.45, 7) is 9.50. The second-order valence-corrected chi connectivity index (χ2v) is 4.50. The molecule has 2 amide bonds. The summed E-state index contributed by atoms with van der Waals surface area (Å²) >= 11 is 0. The number of carbonyl (C=O) groups is 1. The molecule has 1 aliphatic rings. The average Bonchev–Trinajstić information content (AvgIpc) is 2.37. The van der Waals surface area contributed by atoms with Crippen molar-refractivity contribution in [1.29, 1.82) is 0 Å². The van der Waals surface area contributed by atoms with Crippen LogP contribution in [0.2, 0.25) is 0 Å². The highest BCUT2D eigenvalue weighted by Crippen LogP contribution is 2.09. The summed E-state index contributed by atoms with van der Waals surface area (Å²) in [5, 5.41) is 5.55. The lowest BCUT2D eigenvalue weighted by atomic mass is 10.2. The lowest BCUT2D eigenvalue weighted by Crippen LogP contribution is -2.52. The van der Waals surface area contributed by atoms with Crippen LogP contribution in [0.5, 0.6) is 0 Å². The molecule has 0 saturated carbocycles. The molecular weight excluding hydrogens is 230 g/mol. The van der Waals surface area contributed by atoms with Crippen LogP contribution in [0.15, 0.2) is 0 Å². The Kier molecular flexibility index (Phi) is 6.55. The Bertz CT molecular complexity index is 322. The Morgan fingerprint density at radius 2 is 2.33 bits per heavy atom. The molecule has 0 aromatic carbocycles. The summed E-state index contributed by atoms with van der Waals surface area (Å²) in [5.41, 5.74) is 0. The van der Waals surface area contributed by atoms with Crippen molar-refractivity contribution in [2.24, 2.45) is 0 Å². The van der Waals surface area contributed by atoms with Crippen LogP contribution >= 0.6 is 0 Å². The molecule has 0 aromatic rings. The Hall–Kier alpha value is -1.25. The molecule has 0 bridgehead atoms. The number of morpholine rings is 1. The third kappa shape index (κ3) is 4.94. The predicted molar refractivity (Wildman–Crippen MR) is 71.3 cm³/mol. The highest BCUT2D eigenvalue weighted by Gasteiger charge is 2.23. The first-order valence-corrected chi connectivity index (χ1v) is 6.40. The number of rotatable bonds is 4. The Morgan fingerprint density at radius 3 is 3.00 bits per heavy atom. The smallest absolute Gasteiger partial charge is 0.315 e. The lowest BCUT2D eigenvalue weighted by molar-refractivity contribution is -0.0176. The molecule has 102 valence electrons. The van der Waals surface area contributed by atoms with E-state index >= 15 is 0 Å². The number of carbonyl (C=O) groups excluding carboxylic acids is 1. The van der Waals surface area contributed by atoms with E-state index in [2.05, 4.69) is 41.2 Å². The van der Waals surface area contributed by atoms with E-state index in [1.807, 2.05) is 0 Å². The van der Waals surface area contributed by atoms with Gasteiger partial charge in [-0.3, -0.25) is 4.90 Å². The Morgan fingerprint density at radius 1 is 1.56 bits per heavy atom. The minimum atomic E-state index is -0.162. The highest BCUT2D eigenvalue weighted by molar-refractivity contribution is 5.74. The van der Waals surface area contributed by atoms with Gasteiger partial charge in [0, 0.05) is 25.2 Å². The van der Waals surface area contributed by atoms with E-state index in [9.17, 15) is 4.79 Å². The van der Waals surface area contributed by atoms with Crippen molar-refractivity contribution < 1.29 is 9.53 Å². The maximum Gasteiger partial charge on any atom is 0.315 e. The van der Waals surface area contributed by atoms with E-state index < -0.39 is 0 Å². The van der Waals surface area contributed by atoms with Crippen molar-refractivity contribution in [3.63, 3.8) is 0 Å². The maximum atomic E-state index is 11.5. The van der Waals surface area contributed by atoms with Crippen LogP contribution in [-0.2, 0) is 4.74 Å². The first-order valence-electron chi connectivity index (χ1n) is 6.40. The molecule has 1 heterocycles. The zero-order valence-corrected chi connectivity index (χ0v) is 11.5. The molecular formula is C13H23N3O2. The van der Waals surface area contributed by atoms with Crippen molar-refractivity contribution in [1.82, 2.24) is 15.5 Å². The molecule has 0 aliphatic carbocycles. The number of urea groups is 1. The van der Waals surface area contributed by atoms with Gasteiger partial charge in [0.2, 0.25) is 0 Å². The first kappa shape index (κ1) is 14.8. The Labute approximate surface area is 109 Å². The highest BCUT2D eigenvalue weighted by atomic mass is 16.5. The SMILES string of the molecule is CC#CCNC(=O)NC[C@@H](C)N1CCOC[C@@H]1C. The van der Waals surface area contributed by atoms with Gasteiger partial charge in [-0.25, -0.2) is 4.79 Å². The quantitative estimate of drug-likeness (QED) is 0.714. The van der Waals surface area contributed by atoms with E-state index in [1.54, 1.807) is 6.92 Å². The fourth-order valence-electron chi connectivity index (χ4n) is 2.03. The van der Waals surface area contributed by atoms with Gasteiger partial charge in [0.25, 0.3) is 0 Å². The normalized spacial score (nSPS) is 21.6. The molecule has 2 N–H and O–H groups in total. The van der Waals surface area contributed by atoms with Crippen molar-refractivity contribution in [3.8, 4) is 11.8 Å². The molecule has 1 aliphatic heterocycles. The van der Waals surface area contributed by atoms with Crippen LogP contribution in [0.1, 0.15) is 20.8 Å². The van der Waals surface area contributed by atoms with Gasteiger partial charge in [-0.15, -0.1) is 5.92 Å². The summed E-state index contributed by atoms with van der Waals surface area (Å²) in [7, 11) is 0. The summed E-state index contributed by atoms with van der Waals surface area (Å²) in [5.74, 6) is 5.52. The molecule has 1 fully saturated rings. The number of ether oxygens (including phenoxy) is 1. The second kappa shape index (κ2) is 7.96. The largest absolute Gasteiger partial charge is 0.379 e. The molecule has 5 nitrogen and oxygen atoms in total. The van der Waals surface area contributed by atoms with E-state index in [-0.39, 0.29) is 6.03 Å². The van der Waals surface area contributed by atoms with Crippen LogP contribution in [0.4, 0.5) is 4.79 Å². The number of amides is 2. The monoisotopic (exact) mass is 253 g/mol. The fraction of sp³-hybridized carbons (Fsp3) is 0.769. The molecule has 0 unspecified atom stereocenters. The molecule has 18 heavy (non-hydrogen) atoms. The van der Waals surface area contributed by atoms with Gasteiger partial charge in [0.15, 0.2) is 0 Å². The fourth-order valence-corrected chi connectivity index (χ4v) is 2.03. The third-order valence-corrected chi connectivity index (χ3v) is 3.06. The predicted octanol–water partition coefficient (Wildman–Crippen LogP) is 0.418. The van der Waals surface area contributed by atoms with Crippen molar-refractivity contribution in [2.75, 3.05) is 32.8 Å². The average molecular weight is 253 g/mol. The zero-order valence-electron chi connectivity index (χ0n) is 11.5. The van der Waals surface area contributed by atoms with Gasteiger partial charge in [0.05, 0.1) is 19.8 Å². The van der Waals surface area contributed by atoms with Crippen LogP contribution in [-0.4, -0.2) is 55.9 Å². The topological polar surface area (TPSA) is 53.6 Å². The molecule has 0 radical (unpaired) electrons. The minimum Gasteiger partial charge on any atom is -0.379 e. The zero-order chi connectivity index (χ0) is 13.4. The van der Waals surface area contributed by atoms with Gasteiger partial charge >= 0.3 is 6.03 Å². The van der Waals surface area contributed by atoms with Gasteiger partial charge in [-0.1, -0.05) is 5.92 Å². The number of hydrogen-bond donors (Lipinski definition) is 2. The minimum absolute atomic E-state index is 0.162. The van der Waals surface area contributed by atoms with Crippen LogP contribution in [0.25, 0.3) is 0 Å². The molecule has 5 heteroatoms. The van der Waals surface area contributed by atoms with Crippen molar-refractivity contribution >= 4 is 6.03 Å². The maximum absolute atomic E-state index is 11.5. The summed E-state index contributed by atoms with van der Waals surface area (Å²) in [4.78, 5) is 13.8. The molecule has 1 rings (SSSR count). The van der Waals surface area contributed by atoms with Crippen molar-refractivity contribution in [3.05, 3.63) is 0 Å². The Balaban J connectivity index is 2.24. The molecule has 2 atom stereocenters. The van der Waals surface area contributed by atoms with E-state index in [1.165, 1.54) is 0 Å².